The molecule has 1 heterocycles. The van der Waals surface area contributed by atoms with Crippen molar-refractivity contribution >= 4 is 16.5 Å². The Morgan fingerprint density at radius 1 is 1.25 bits per heavy atom. The summed E-state index contributed by atoms with van der Waals surface area (Å²) in [6.45, 7) is 3.40. The maximum Gasteiger partial charge on any atom is 0.136 e. The van der Waals surface area contributed by atoms with Gasteiger partial charge in [-0.3, -0.25) is 0 Å². The molecule has 1 aromatic carbocycles. The van der Waals surface area contributed by atoms with E-state index in [1.54, 1.807) is 0 Å². The van der Waals surface area contributed by atoms with Crippen LogP contribution in [0.4, 0.5) is 5.00 Å². The fourth-order valence-corrected chi connectivity index (χ4v) is 3.18. The molecule has 0 bridgehead atoms. The molecule has 0 saturated carbocycles. The number of rotatable bonds is 5. The standard InChI is InChI=1S/C15H19N3OS/c1-2-16-15-14(17-18-20-15)10-19-13-8-7-11-5-3-4-6-12(11)9-13/h7-9,16H,2-6,10H2,1H3. The van der Waals surface area contributed by atoms with Gasteiger partial charge in [0.15, 0.2) is 0 Å². The van der Waals surface area contributed by atoms with Crippen molar-refractivity contribution in [1.29, 1.82) is 0 Å². The van der Waals surface area contributed by atoms with Crippen LogP contribution in [0.1, 0.15) is 36.6 Å². The van der Waals surface area contributed by atoms with Gasteiger partial charge in [0.1, 0.15) is 23.1 Å². The Kier molecular flexibility index (Phi) is 4.16. The maximum absolute atomic E-state index is 5.87. The third kappa shape index (κ3) is 2.93. The number of aromatic nitrogens is 2. The Morgan fingerprint density at radius 3 is 2.95 bits per heavy atom. The first-order valence-corrected chi connectivity index (χ1v) is 7.94. The first-order chi connectivity index (χ1) is 9.86. The molecule has 0 amide bonds. The minimum atomic E-state index is 0.470. The van der Waals surface area contributed by atoms with E-state index in [1.807, 2.05) is 0 Å². The monoisotopic (exact) mass is 289 g/mol. The number of anilines is 1. The molecule has 0 radical (unpaired) electrons. The van der Waals surface area contributed by atoms with E-state index in [-0.39, 0.29) is 0 Å². The van der Waals surface area contributed by atoms with Gasteiger partial charge in [0, 0.05) is 18.1 Å². The van der Waals surface area contributed by atoms with Crippen LogP contribution in [-0.2, 0) is 19.4 Å². The van der Waals surface area contributed by atoms with E-state index in [9.17, 15) is 0 Å². The first-order valence-electron chi connectivity index (χ1n) is 7.16. The fourth-order valence-electron chi connectivity index (χ4n) is 2.55. The van der Waals surface area contributed by atoms with Crippen molar-refractivity contribution in [3.05, 3.63) is 35.0 Å². The fraction of sp³-hybridized carbons (Fsp3) is 0.467. The molecule has 5 heteroatoms. The molecule has 0 aliphatic heterocycles. The van der Waals surface area contributed by atoms with Crippen molar-refractivity contribution < 1.29 is 4.74 Å². The summed E-state index contributed by atoms with van der Waals surface area (Å²) in [7, 11) is 0. The summed E-state index contributed by atoms with van der Waals surface area (Å²) in [5, 5.41) is 8.38. The molecule has 3 rings (SSSR count). The second-order valence-electron chi connectivity index (χ2n) is 5.01. The Hall–Kier alpha value is -1.62. The smallest absolute Gasteiger partial charge is 0.136 e. The molecule has 0 saturated heterocycles. The molecule has 0 spiro atoms. The predicted octanol–water partition coefficient (Wildman–Crippen LogP) is 3.43. The van der Waals surface area contributed by atoms with Crippen LogP contribution in [0.2, 0.25) is 0 Å². The quantitative estimate of drug-likeness (QED) is 0.916. The second kappa shape index (κ2) is 6.22. The molecule has 1 aliphatic carbocycles. The third-order valence-corrected chi connectivity index (χ3v) is 4.31. The molecule has 1 N–H and O–H groups in total. The van der Waals surface area contributed by atoms with Gasteiger partial charge in [0.05, 0.1) is 0 Å². The molecule has 20 heavy (non-hydrogen) atoms. The second-order valence-corrected chi connectivity index (χ2v) is 5.76. The number of hydrogen-bond acceptors (Lipinski definition) is 5. The van der Waals surface area contributed by atoms with E-state index in [4.69, 9.17) is 4.74 Å². The summed E-state index contributed by atoms with van der Waals surface area (Å²) in [5.41, 5.74) is 3.80. The van der Waals surface area contributed by atoms with Crippen molar-refractivity contribution in [2.75, 3.05) is 11.9 Å². The summed E-state index contributed by atoms with van der Waals surface area (Å²) < 4.78 is 9.84. The van der Waals surface area contributed by atoms with Crippen LogP contribution >= 0.6 is 11.5 Å². The highest BCUT2D eigenvalue weighted by Crippen LogP contribution is 2.26. The van der Waals surface area contributed by atoms with E-state index in [0.29, 0.717) is 6.61 Å². The van der Waals surface area contributed by atoms with Crippen LogP contribution in [0.3, 0.4) is 0 Å². The highest BCUT2D eigenvalue weighted by molar-refractivity contribution is 7.10. The van der Waals surface area contributed by atoms with Crippen LogP contribution in [-0.4, -0.2) is 16.1 Å². The zero-order valence-corrected chi connectivity index (χ0v) is 12.5. The van der Waals surface area contributed by atoms with E-state index in [0.717, 1.165) is 23.0 Å². The number of fused-ring (bicyclic) bond motifs is 1. The van der Waals surface area contributed by atoms with Crippen LogP contribution in [0.25, 0.3) is 0 Å². The van der Waals surface area contributed by atoms with Crippen LogP contribution in [0.5, 0.6) is 5.75 Å². The van der Waals surface area contributed by atoms with Crippen LogP contribution in [0, 0.1) is 0 Å². The topological polar surface area (TPSA) is 47.0 Å². The van der Waals surface area contributed by atoms with E-state index in [1.165, 1.54) is 48.3 Å². The molecular weight excluding hydrogens is 270 g/mol. The molecule has 106 valence electrons. The first kappa shape index (κ1) is 13.4. The Morgan fingerprint density at radius 2 is 2.10 bits per heavy atom. The summed E-state index contributed by atoms with van der Waals surface area (Å²) >= 11 is 1.38. The van der Waals surface area contributed by atoms with Crippen molar-refractivity contribution in [2.45, 2.75) is 39.2 Å². The average Bonchev–Trinajstić information content (AvgIpc) is 2.93. The normalized spacial score (nSPS) is 13.8. The lowest BCUT2D eigenvalue weighted by Crippen LogP contribution is -2.05. The van der Waals surface area contributed by atoms with Gasteiger partial charge in [-0.15, -0.1) is 5.10 Å². The van der Waals surface area contributed by atoms with Crippen molar-refractivity contribution in [1.82, 2.24) is 9.59 Å². The lowest BCUT2D eigenvalue weighted by atomic mass is 9.92. The Balaban J connectivity index is 1.67. The number of benzene rings is 1. The van der Waals surface area contributed by atoms with Crippen molar-refractivity contribution in [3.8, 4) is 5.75 Å². The van der Waals surface area contributed by atoms with Crippen LogP contribution in [0.15, 0.2) is 18.2 Å². The van der Waals surface area contributed by atoms with E-state index >= 15 is 0 Å². The minimum absolute atomic E-state index is 0.470. The van der Waals surface area contributed by atoms with Gasteiger partial charge in [0.25, 0.3) is 0 Å². The van der Waals surface area contributed by atoms with Crippen molar-refractivity contribution in [2.24, 2.45) is 0 Å². The van der Waals surface area contributed by atoms with Gasteiger partial charge in [0.2, 0.25) is 0 Å². The summed E-state index contributed by atoms with van der Waals surface area (Å²) in [6, 6.07) is 6.45. The van der Waals surface area contributed by atoms with Gasteiger partial charge in [-0.25, -0.2) is 0 Å². The van der Waals surface area contributed by atoms with E-state index in [2.05, 4.69) is 40.0 Å². The molecule has 0 atom stereocenters. The SMILES string of the molecule is CCNc1snnc1COc1ccc2c(c1)CCCC2. The highest BCUT2D eigenvalue weighted by atomic mass is 32.1. The molecular formula is C15H19N3OS. The zero-order chi connectivity index (χ0) is 13.8. The molecule has 1 aromatic heterocycles. The van der Waals surface area contributed by atoms with E-state index < -0.39 is 0 Å². The van der Waals surface area contributed by atoms with Crippen molar-refractivity contribution in [3.63, 3.8) is 0 Å². The summed E-state index contributed by atoms with van der Waals surface area (Å²) in [6.07, 6.45) is 4.98. The average molecular weight is 289 g/mol. The molecule has 0 fully saturated rings. The predicted molar refractivity (Wildman–Crippen MR) is 81.5 cm³/mol. The number of ether oxygens (including phenoxy) is 1. The third-order valence-electron chi connectivity index (χ3n) is 3.59. The minimum Gasteiger partial charge on any atom is -0.487 e. The van der Waals surface area contributed by atoms with Crippen LogP contribution < -0.4 is 10.1 Å². The zero-order valence-electron chi connectivity index (χ0n) is 11.7. The van der Waals surface area contributed by atoms with Gasteiger partial charge >= 0.3 is 0 Å². The van der Waals surface area contributed by atoms with Gasteiger partial charge in [-0.1, -0.05) is 10.6 Å². The molecule has 1 aliphatic rings. The Labute approximate surface area is 123 Å². The lowest BCUT2D eigenvalue weighted by molar-refractivity contribution is 0.301. The largest absolute Gasteiger partial charge is 0.487 e. The maximum atomic E-state index is 5.87. The number of nitrogens with zero attached hydrogens (tertiary/aromatic N) is 2. The lowest BCUT2D eigenvalue weighted by Gasteiger charge is -2.16. The number of nitrogens with one attached hydrogen (secondary N) is 1. The highest BCUT2D eigenvalue weighted by Gasteiger charge is 2.11. The molecule has 2 aromatic rings. The summed E-state index contributed by atoms with van der Waals surface area (Å²) in [5.74, 6) is 0.932. The number of hydrogen-bond donors (Lipinski definition) is 1. The number of aryl methyl sites for hydroxylation is 2. The molecule has 0 unspecified atom stereocenters. The molecule has 4 nitrogen and oxygen atoms in total. The summed E-state index contributed by atoms with van der Waals surface area (Å²) in [4.78, 5) is 0. The van der Waals surface area contributed by atoms with Gasteiger partial charge in [-0.05, 0) is 55.9 Å². The van der Waals surface area contributed by atoms with Gasteiger partial charge < -0.3 is 10.1 Å². The van der Waals surface area contributed by atoms with Gasteiger partial charge in [-0.2, -0.15) is 0 Å². The Bertz CT molecular complexity index is 582.